The molecule has 2 saturated heterocycles. The van der Waals surface area contributed by atoms with Crippen LogP contribution in [0.5, 0.6) is 0 Å². The lowest BCUT2D eigenvalue weighted by Crippen LogP contribution is -2.56. The zero-order valence-corrected chi connectivity index (χ0v) is 22.0. The summed E-state index contributed by atoms with van der Waals surface area (Å²) in [6.07, 6.45) is -0.778. The van der Waals surface area contributed by atoms with Crippen LogP contribution in [-0.4, -0.2) is 101 Å². The van der Waals surface area contributed by atoms with Gasteiger partial charge in [0.1, 0.15) is 24.1 Å². The molecule has 0 bridgehead atoms. The van der Waals surface area contributed by atoms with Crippen LogP contribution in [0.4, 0.5) is 13.6 Å². The number of aromatic nitrogens is 1. The maximum Gasteiger partial charge on any atom is 0.414 e. The Hall–Kier alpha value is -3.97. The van der Waals surface area contributed by atoms with Crippen molar-refractivity contribution >= 4 is 23.8 Å². The molecule has 12 nitrogen and oxygen atoms in total. The fraction of sp³-hybridized carbons (Fsp3) is 0.560. The lowest BCUT2D eigenvalue weighted by atomic mass is 10.0. The number of rotatable bonds is 8. The highest BCUT2D eigenvalue weighted by atomic mass is 19.1. The number of amides is 4. The van der Waals surface area contributed by atoms with Crippen LogP contribution >= 0.6 is 0 Å². The van der Waals surface area contributed by atoms with Crippen molar-refractivity contribution in [3.05, 3.63) is 41.3 Å². The van der Waals surface area contributed by atoms with Crippen LogP contribution in [0.25, 0.3) is 0 Å². The zero-order chi connectivity index (χ0) is 28.3. The molecule has 2 fully saturated rings. The van der Waals surface area contributed by atoms with E-state index in [1.165, 1.54) is 24.1 Å². The van der Waals surface area contributed by atoms with Gasteiger partial charge in [-0.3, -0.25) is 19.3 Å². The predicted octanol–water partition coefficient (Wildman–Crippen LogP) is 1.34. The van der Waals surface area contributed by atoms with E-state index in [1.807, 2.05) is 0 Å². The molecule has 4 rings (SSSR count). The summed E-state index contributed by atoms with van der Waals surface area (Å²) in [5.41, 5.74) is 0.0439. The number of allylic oxidation sites excluding steroid dienone is 4. The highest BCUT2D eigenvalue weighted by Crippen LogP contribution is 2.34. The molecule has 0 radical (unpaired) electrons. The van der Waals surface area contributed by atoms with Crippen LogP contribution in [0.3, 0.4) is 0 Å². The second-order valence-electron chi connectivity index (χ2n) is 9.98. The Bertz CT molecular complexity index is 1160. The molecule has 39 heavy (non-hydrogen) atoms. The number of alkyl halides is 1. The third-order valence-electron chi connectivity index (χ3n) is 6.84. The molecular formula is C25H32F2N6O6. The number of piperazine rings is 1. The first-order chi connectivity index (χ1) is 18.5. The lowest BCUT2D eigenvalue weighted by Gasteiger charge is -2.40. The quantitative estimate of drug-likeness (QED) is 0.495. The molecule has 1 aromatic rings. The number of hydrogen-bond acceptors (Lipinski definition) is 8. The maximum absolute atomic E-state index is 15.3. The van der Waals surface area contributed by atoms with Crippen LogP contribution in [0.1, 0.15) is 37.7 Å². The minimum absolute atomic E-state index is 0.00941. The van der Waals surface area contributed by atoms with E-state index in [0.29, 0.717) is 0 Å². The van der Waals surface area contributed by atoms with Gasteiger partial charge in [0, 0.05) is 51.3 Å². The summed E-state index contributed by atoms with van der Waals surface area (Å²) < 4.78 is 40.5. The Labute approximate surface area is 223 Å². The van der Waals surface area contributed by atoms with Crippen LogP contribution < -0.4 is 10.6 Å². The second-order valence-corrected chi connectivity index (χ2v) is 9.98. The third kappa shape index (κ3) is 6.37. The highest BCUT2D eigenvalue weighted by Gasteiger charge is 2.39. The monoisotopic (exact) mass is 550 g/mol. The molecule has 0 aromatic carbocycles. The standard InChI is InChI=1S/C25H32F2N6O6/c1-14(2)21(30-23(35)20-4-5-29-39-20)24(36)32-8-6-31(7-9-32)22-18(26)10-16(11-19(22)27)33-13-17(38-25(33)37)12-28-15(3)34/h4-5,10,14,17,19,21H,6-9,11-13H2,1-3H3,(H,28,34)(H,30,35)/t17-,19?,21-/m0/s1. The van der Waals surface area contributed by atoms with Gasteiger partial charge in [-0.25, -0.2) is 13.6 Å². The molecule has 3 atom stereocenters. The predicted molar refractivity (Wildman–Crippen MR) is 132 cm³/mol. The Kier molecular flexibility index (Phi) is 8.51. The first-order valence-corrected chi connectivity index (χ1v) is 12.8. The van der Waals surface area contributed by atoms with E-state index < -0.39 is 36.1 Å². The van der Waals surface area contributed by atoms with Gasteiger partial charge in [-0.15, -0.1) is 0 Å². The van der Waals surface area contributed by atoms with E-state index in [2.05, 4.69) is 15.8 Å². The summed E-state index contributed by atoms with van der Waals surface area (Å²) in [4.78, 5) is 53.3. The molecule has 0 spiro atoms. The number of hydrogen-bond donors (Lipinski definition) is 2. The lowest BCUT2D eigenvalue weighted by molar-refractivity contribution is -0.136. The van der Waals surface area contributed by atoms with Gasteiger partial charge in [0.2, 0.25) is 17.6 Å². The van der Waals surface area contributed by atoms with Gasteiger partial charge >= 0.3 is 6.09 Å². The Balaban J connectivity index is 1.37. The highest BCUT2D eigenvalue weighted by molar-refractivity contribution is 5.95. The van der Waals surface area contributed by atoms with E-state index in [4.69, 9.17) is 9.26 Å². The van der Waals surface area contributed by atoms with Gasteiger partial charge in [-0.1, -0.05) is 19.0 Å². The molecule has 2 N–H and O–H groups in total. The van der Waals surface area contributed by atoms with Crippen molar-refractivity contribution in [3.63, 3.8) is 0 Å². The molecular weight excluding hydrogens is 518 g/mol. The zero-order valence-electron chi connectivity index (χ0n) is 22.0. The number of cyclic esters (lactones) is 1. The minimum Gasteiger partial charge on any atom is -0.442 e. The topological polar surface area (TPSA) is 137 Å². The molecule has 4 amide bonds. The molecule has 212 valence electrons. The fourth-order valence-electron chi connectivity index (χ4n) is 4.79. The summed E-state index contributed by atoms with van der Waals surface area (Å²) in [6, 6.07) is 0.584. The Morgan fingerprint density at radius 2 is 1.92 bits per heavy atom. The van der Waals surface area contributed by atoms with Crippen LogP contribution in [0.2, 0.25) is 0 Å². The van der Waals surface area contributed by atoms with Gasteiger partial charge in [0.05, 0.1) is 25.0 Å². The normalized spacial score (nSPS) is 22.6. The van der Waals surface area contributed by atoms with E-state index in [1.54, 1.807) is 23.6 Å². The van der Waals surface area contributed by atoms with Crippen LogP contribution in [-0.2, 0) is 14.3 Å². The van der Waals surface area contributed by atoms with Gasteiger partial charge in [0.25, 0.3) is 5.91 Å². The molecule has 1 aliphatic carbocycles. The molecule has 1 unspecified atom stereocenters. The molecule has 14 heteroatoms. The number of carbonyl (C=O) groups is 4. The molecule has 1 aromatic heterocycles. The van der Waals surface area contributed by atoms with Crippen molar-refractivity contribution < 1.29 is 37.2 Å². The van der Waals surface area contributed by atoms with Crippen molar-refractivity contribution in [2.75, 3.05) is 39.3 Å². The first-order valence-electron chi connectivity index (χ1n) is 12.8. The minimum atomic E-state index is -1.70. The van der Waals surface area contributed by atoms with Gasteiger partial charge < -0.3 is 29.7 Å². The molecule has 3 aliphatic rings. The van der Waals surface area contributed by atoms with E-state index in [-0.39, 0.29) is 80.6 Å². The number of ether oxygens (including phenoxy) is 1. The van der Waals surface area contributed by atoms with Crippen molar-refractivity contribution in [2.45, 2.75) is 45.5 Å². The first kappa shape index (κ1) is 28.0. The van der Waals surface area contributed by atoms with Crippen molar-refractivity contribution in [1.82, 2.24) is 30.5 Å². The number of halogens is 2. The number of carbonyl (C=O) groups excluding carboxylic acids is 4. The summed E-state index contributed by atoms with van der Waals surface area (Å²) >= 11 is 0. The van der Waals surface area contributed by atoms with Gasteiger partial charge in [-0.05, 0) is 12.0 Å². The summed E-state index contributed by atoms with van der Waals surface area (Å²) in [5.74, 6) is -2.14. The van der Waals surface area contributed by atoms with E-state index in [9.17, 15) is 19.2 Å². The van der Waals surface area contributed by atoms with Gasteiger partial charge in [0.15, 0.2) is 0 Å². The van der Waals surface area contributed by atoms with Crippen molar-refractivity contribution in [3.8, 4) is 0 Å². The van der Waals surface area contributed by atoms with Crippen LogP contribution in [0.15, 0.2) is 40.1 Å². The molecule has 0 saturated carbocycles. The van der Waals surface area contributed by atoms with Gasteiger partial charge in [-0.2, -0.15) is 0 Å². The average Bonchev–Trinajstić information content (AvgIpc) is 3.55. The summed E-state index contributed by atoms with van der Waals surface area (Å²) in [5, 5.41) is 8.73. The SMILES string of the molecule is CC(=O)NC[C@H]1CN(C2=CC(F)=C(N3CCN(C(=O)[C@@H](NC(=O)c4ccno4)C(C)C)CC3)C(F)C2)C(=O)O1. The Morgan fingerprint density at radius 3 is 2.51 bits per heavy atom. The van der Waals surface area contributed by atoms with Crippen molar-refractivity contribution in [1.29, 1.82) is 0 Å². The van der Waals surface area contributed by atoms with Crippen LogP contribution in [0, 0.1) is 5.92 Å². The largest absolute Gasteiger partial charge is 0.442 e. The Morgan fingerprint density at radius 1 is 1.21 bits per heavy atom. The smallest absolute Gasteiger partial charge is 0.414 e. The van der Waals surface area contributed by atoms with E-state index >= 15 is 8.78 Å². The fourth-order valence-corrected chi connectivity index (χ4v) is 4.79. The number of nitrogens with zero attached hydrogens (tertiary/aromatic N) is 4. The average molecular weight is 551 g/mol. The summed E-state index contributed by atoms with van der Waals surface area (Å²) in [7, 11) is 0. The molecule has 2 aliphatic heterocycles. The summed E-state index contributed by atoms with van der Waals surface area (Å²) in [6.45, 7) is 5.95. The number of nitrogens with one attached hydrogen (secondary N) is 2. The maximum atomic E-state index is 15.3. The third-order valence-corrected chi connectivity index (χ3v) is 6.84. The molecule has 3 heterocycles. The van der Waals surface area contributed by atoms with Crippen molar-refractivity contribution in [2.24, 2.45) is 5.92 Å². The second kappa shape index (κ2) is 11.8. The van der Waals surface area contributed by atoms with E-state index in [0.717, 1.165) is 6.08 Å².